The summed E-state index contributed by atoms with van der Waals surface area (Å²) >= 11 is 1.64. The van der Waals surface area contributed by atoms with E-state index < -0.39 is 11.1 Å². The quantitative estimate of drug-likeness (QED) is 0.405. The Hall–Kier alpha value is 2.09. The van der Waals surface area contributed by atoms with Gasteiger partial charge in [-0.1, -0.05) is 0 Å². The molecule has 0 fully saturated rings. The number of hydrogen-bond acceptors (Lipinski definition) is 4. The van der Waals surface area contributed by atoms with Gasteiger partial charge in [0.25, 0.3) is 0 Å². The molecule has 0 saturated carbocycles. The molecule has 0 radical (unpaired) electrons. The third-order valence-corrected chi connectivity index (χ3v) is 9.96. The number of aliphatic hydroxyl groups is 2. The van der Waals surface area contributed by atoms with Crippen LogP contribution in [0.15, 0.2) is 0 Å². The summed E-state index contributed by atoms with van der Waals surface area (Å²) in [4.78, 5) is 0. The second-order valence-electron chi connectivity index (χ2n) is 1.47. The van der Waals surface area contributed by atoms with E-state index >= 15 is 0 Å². The van der Waals surface area contributed by atoms with E-state index in [0.717, 1.165) is 0 Å². The first-order chi connectivity index (χ1) is 5.12. The molecular weight excluding hydrogens is 493 g/mol. The van der Waals surface area contributed by atoms with E-state index in [-0.39, 0.29) is 13.2 Å². The predicted molar refractivity (Wildman–Crippen MR) is 59.9 cm³/mol. The van der Waals surface area contributed by atoms with Gasteiger partial charge in [0, 0.05) is 0 Å². The average Bonchev–Trinajstić information content (AvgIpc) is 1.97. The van der Waals surface area contributed by atoms with E-state index in [0.29, 0.717) is 13.2 Å². The van der Waals surface area contributed by atoms with Crippen molar-refractivity contribution < 1.29 is 16.4 Å². The predicted octanol–water partition coefficient (Wildman–Crippen LogP) is 0.310. The number of halogens is 2. The second-order valence-corrected chi connectivity index (χ2v) is 31.8. The van der Waals surface area contributed by atoms with Crippen LogP contribution in [-0.2, 0) is 6.20 Å². The molecule has 0 saturated heterocycles. The van der Waals surface area contributed by atoms with Crippen molar-refractivity contribution in [1.82, 2.24) is 0 Å². The summed E-state index contributed by atoms with van der Waals surface area (Å²) in [5, 5.41) is 16.9. The molecule has 0 aliphatic rings. The molecule has 11 heavy (non-hydrogen) atoms. The van der Waals surface area contributed by atoms with Crippen LogP contribution in [0.4, 0.5) is 0 Å². The van der Waals surface area contributed by atoms with Gasteiger partial charge in [0.15, 0.2) is 0 Å². The van der Waals surface area contributed by atoms with Gasteiger partial charge >= 0.3 is 91.3 Å². The normalized spacial score (nSPS) is 13.5. The average molecular weight is 504 g/mol. The van der Waals surface area contributed by atoms with Crippen molar-refractivity contribution in [2.75, 3.05) is 26.4 Å². The molecule has 0 aliphatic heterocycles. The van der Waals surface area contributed by atoms with Crippen molar-refractivity contribution in [2.45, 2.75) is 0 Å². The second kappa shape index (κ2) is 7.49. The van der Waals surface area contributed by atoms with Gasteiger partial charge in [0.05, 0.1) is 0 Å². The minimum atomic E-state index is -2.62. The van der Waals surface area contributed by atoms with Crippen LogP contribution in [0.3, 0.4) is 0 Å². The molecule has 0 unspecified atom stereocenters. The molecule has 70 valence electrons. The molecule has 0 heterocycles. The first kappa shape index (κ1) is 13.1. The summed E-state index contributed by atoms with van der Waals surface area (Å²) in [6.45, 7) is 0.668. The maximum atomic E-state index is 8.45. The van der Waals surface area contributed by atoms with Gasteiger partial charge in [-0.2, -0.15) is 0 Å². The van der Waals surface area contributed by atoms with Crippen molar-refractivity contribution in [3.8, 4) is 0 Å². The fraction of sp³-hybridized carbons (Fsp3) is 1.00. The standard InChI is InChI=1S/C4H10I2O4Te/c5-11(6,9-3-1-7)10-4-2-8/h7-8H,1-4H2. The molecule has 0 aromatic heterocycles. The SMILES string of the molecule is OCCO[Te](I)(I)OCCO. The fourth-order valence-corrected chi connectivity index (χ4v) is 6.85. The molecule has 0 aromatic carbocycles. The third kappa shape index (κ3) is 8.42. The van der Waals surface area contributed by atoms with Gasteiger partial charge in [0.2, 0.25) is 0 Å². The Morgan fingerprint density at radius 1 is 1.00 bits per heavy atom. The molecule has 0 aliphatic carbocycles. The summed E-state index contributed by atoms with van der Waals surface area (Å²) in [7, 11) is 0. The van der Waals surface area contributed by atoms with Crippen molar-refractivity contribution >= 4 is 48.5 Å². The Balaban J connectivity index is 3.43. The number of aliphatic hydroxyl groups excluding tert-OH is 2. The molecule has 4 nitrogen and oxygen atoms in total. The fourth-order valence-electron chi connectivity index (χ4n) is 0.303. The number of rotatable bonds is 6. The Labute approximate surface area is 90.0 Å². The van der Waals surface area contributed by atoms with Gasteiger partial charge in [-0.25, -0.2) is 0 Å². The summed E-state index contributed by atoms with van der Waals surface area (Å²) in [6.07, 6.45) is 0. The van der Waals surface area contributed by atoms with Gasteiger partial charge in [-0.15, -0.1) is 0 Å². The zero-order chi connectivity index (χ0) is 8.74. The van der Waals surface area contributed by atoms with Crippen LogP contribution in [0.25, 0.3) is 0 Å². The third-order valence-electron chi connectivity index (χ3n) is 0.624. The van der Waals surface area contributed by atoms with E-state index in [4.69, 9.17) is 16.4 Å². The van der Waals surface area contributed by atoms with Crippen molar-refractivity contribution in [2.24, 2.45) is 0 Å². The molecule has 0 bridgehead atoms. The van der Waals surface area contributed by atoms with Crippen molar-refractivity contribution in [3.05, 3.63) is 0 Å². The summed E-state index contributed by atoms with van der Waals surface area (Å²) in [5.74, 6) is 0. The minimum absolute atomic E-state index is 0.0160. The summed E-state index contributed by atoms with van der Waals surface area (Å²) in [6, 6.07) is 0. The van der Waals surface area contributed by atoms with Crippen LogP contribution in [0.2, 0.25) is 0 Å². The van der Waals surface area contributed by atoms with Crippen LogP contribution in [0.5, 0.6) is 0 Å². The van der Waals surface area contributed by atoms with Crippen LogP contribution < -0.4 is 0 Å². The van der Waals surface area contributed by atoms with Crippen LogP contribution in [0.1, 0.15) is 0 Å². The van der Waals surface area contributed by atoms with E-state index in [1.165, 1.54) is 0 Å². The topological polar surface area (TPSA) is 58.9 Å². The Morgan fingerprint density at radius 2 is 1.36 bits per heavy atom. The Bertz CT molecular complexity index is 92.1. The first-order valence-electron chi connectivity index (χ1n) is 2.85. The van der Waals surface area contributed by atoms with E-state index in [2.05, 4.69) is 37.4 Å². The Morgan fingerprint density at radius 3 is 1.64 bits per heavy atom. The first-order valence-corrected chi connectivity index (χ1v) is 18.3. The van der Waals surface area contributed by atoms with Gasteiger partial charge in [-0.3, -0.25) is 0 Å². The Kier molecular flexibility index (Phi) is 8.91. The monoisotopic (exact) mass is 506 g/mol. The zero-order valence-electron chi connectivity index (χ0n) is 5.70. The molecule has 0 atom stereocenters. The molecule has 0 aromatic rings. The molecular formula is C4H10I2O4Te. The van der Waals surface area contributed by atoms with Gasteiger partial charge in [-0.05, 0) is 0 Å². The zero-order valence-corrected chi connectivity index (χ0v) is 12.3. The van der Waals surface area contributed by atoms with E-state index in [1.54, 1.807) is 0 Å². The van der Waals surface area contributed by atoms with Crippen molar-refractivity contribution in [3.63, 3.8) is 0 Å². The molecule has 0 spiro atoms. The summed E-state index contributed by atoms with van der Waals surface area (Å²) < 4.78 is 10.5. The van der Waals surface area contributed by atoms with Crippen LogP contribution >= 0.6 is 37.4 Å². The molecule has 0 amide bonds. The van der Waals surface area contributed by atoms with E-state index in [1.807, 2.05) is 0 Å². The molecule has 0 rings (SSSR count). The molecule has 2 N–H and O–H groups in total. The van der Waals surface area contributed by atoms with Gasteiger partial charge in [0.1, 0.15) is 0 Å². The maximum absolute atomic E-state index is 8.45. The molecule has 7 heteroatoms. The van der Waals surface area contributed by atoms with Crippen LogP contribution in [0, 0.1) is 0 Å². The van der Waals surface area contributed by atoms with Crippen LogP contribution in [-0.4, -0.2) is 47.8 Å². The van der Waals surface area contributed by atoms with E-state index in [9.17, 15) is 0 Å². The number of hydrogen-bond donors (Lipinski definition) is 2. The van der Waals surface area contributed by atoms with Gasteiger partial charge < -0.3 is 0 Å². The summed E-state index contributed by atoms with van der Waals surface area (Å²) in [5.41, 5.74) is 0. The van der Waals surface area contributed by atoms with Crippen molar-refractivity contribution in [1.29, 1.82) is 0 Å².